The summed E-state index contributed by atoms with van der Waals surface area (Å²) in [4.78, 5) is 4.69. The van der Waals surface area contributed by atoms with Crippen molar-refractivity contribution in [3.63, 3.8) is 0 Å². The van der Waals surface area contributed by atoms with Gasteiger partial charge in [0, 0.05) is 31.8 Å². The largest absolute Gasteiger partial charge is 0.381 e. The lowest BCUT2D eigenvalue weighted by Crippen LogP contribution is -2.46. The molecule has 0 radical (unpaired) electrons. The van der Waals surface area contributed by atoms with Crippen LogP contribution in [0, 0.1) is 5.92 Å². The second-order valence-corrected chi connectivity index (χ2v) is 7.99. The lowest BCUT2D eigenvalue weighted by molar-refractivity contribution is 0.0183. The van der Waals surface area contributed by atoms with Gasteiger partial charge in [0.15, 0.2) is 15.8 Å². The number of ether oxygens (including phenoxy) is 1. The van der Waals surface area contributed by atoms with Gasteiger partial charge in [0.1, 0.15) is 0 Å². The van der Waals surface area contributed by atoms with Crippen LogP contribution < -0.4 is 5.73 Å². The molecule has 3 rings (SSSR count). The van der Waals surface area contributed by atoms with Gasteiger partial charge < -0.3 is 10.5 Å². The van der Waals surface area contributed by atoms with Crippen LogP contribution in [0.15, 0.2) is 16.6 Å². The van der Waals surface area contributed by atoms with Crippen LogP contribution in [0.25, 0.3) is 4.96 Å². The van der Waals surface area contributed by atoms with Crippen molar-refractivity contribution in [2.75, 3.05) is 25.9 Å². The fraction of sp³-hybridized carbons (Fsp3) is 0.583. The Morgan fingerprint density at radius 3 is 3.00 bits per heavy atom. The third-order valence-corrected chi connectivity index (χ3v) is 6.65. The minimum atomic E-state index is -3.68. The van der Waals surface area contributed by atoms with E-state index in [1.54, 1.807) is 18.7 Å². The number of fused-ring (bicyclic) bond motifs is 1. The van der Waals surface area contributed by atoms with Gasteiger partial charge in [-0.1, -0.05) is 6.92 Å². The fourth-order valence-corrected chi connectivity index (χ4v) is 5.11. The normalized spacial score (nSPS) is 24.7. The van der Waals surface area contributed by atoms with Crippen molar-refractivity contribution in [1.82, 2.24) is 13.7 Å². The number of anilines is 1. The molecule has 21 heavy (non-hydrogen) atoms. The second kappa shape index (κ2) is 5.24. The molecule has 0 spiro atoms. The molecule has 9 heteroatoms. The zero-order valence-corrected chi connectivity index (χ0v) is 13.5. The van der Waals surface area contributed by atoms with E-state index in [9.17, 15) is 8.42 Å². The van der Waals surface area contributed by atoms with Crippen LogP contribution in [-0.4, -0.2) is 48.4 Å². The van der Waals surface area contributed by atoms with Crippen LogP contribution >= 0.6 is 11.3 Å². The molecule has 0 aromatic carbocycles. The molecule has 1 saturated heterocycles. The smallest absolute Gasteiger partial charge is 0.262 e. The van der Waals surface area contributed by atoms with Crippen LogP contribution in [0.3, 0.4) is 0 Å². The highest BCUT2D eigenvalue weighted by molar-refractivity contribution is 7.89. The monoisotopic (exact) mass is 330 g/mol. The van der Waals surface area contributed by atoms with Crippen molar-refractivity contribution in [3.05, 3.63) is 11.6 Å². The van der Waals surface area contributed by atoms with Crippen molar-refractivity contribution < 1.29 is 13.2 Å². The molecular weight excluding hydrogens is 312 g/mol. The molecule has 2 aromatic rings. The highest BCUT2D eigenvalue weighted by atomic mass is 32.2. The number of nitrogen functional groups attached to an aromatic ring is 1. The Hall–Kier alpha value is -1.16. The third-order valence-electron chi connectivity index (χ3n) is 3.98. The molecule has 2 atom stereocenters. The first-order valence-corrected chi connectivity index (χ1v) is 9.01. The van der Waals surface area contributed by atoms with Crippen molar-refractivity contribution >= 4 is 32.1 Å². The average Bonchev–Trinajstić information content (AvgIpc) is 2.98. The lowest BCUT2D eigenvalue weighted by atomic mass is 9.97. The van der Waals surface area contributed by atoms with Crippen LogP contribution in [0.2, 0.25) is 0 Å². The Balaban J connectivity index is 2.00. The number of aromatic nitrogens is 2. The Labute approximate surface area is 127 Å². The summed E-state index contributed by atoms with van der Waals surface area (Å²) in [6, 6.07) is 0. The number of nitrogens with zero attached hydrogens (tertiary/aromatic N) is 3. The second-order valence-electron chi connectivity index (χ2n) is 5.26. The van der Waals surface area contributed by atoms with Crippen molar-refractivity contribution in [1.29, 1.82) is 0 Å². The molecule has 1 aliphatic heterocycles. The number of nitrogens with two attached hydrogens (primary N) is 1. The van der Waals surface area contributed by atoms with E-state index in [1.807, 2.05) is 0 Å². The van der Waals surface area contributed by atoms with E-state index >= 15 is 0 Å². The maximum absolute atomic E-state index is 12.9. The summed E-state index contributed by atoms with van der Waals surface area (Å²) >= 11 is 1.35. The first-order chi connectivity index (χ1) is 9.95. The van der Waals surface area contributed by atoms with Crippen molar-refractivity contribution in [3.8, 4) is 0 Å². The Morgan fingerprint density at radius 2 is 2.29 bits per heavy atom. The summed E-state index contributed by atoms with van der Waals surface area (Å²) < 4.78 is 34.1. The molecular formula is C12H18N4O3S2. The number of imidazole rings is 1. The van der Waals surface area contributed by atoms with Crippen molar-refractivity contribution in [2.24, 2.45) is 5.92 Å². The van der Waals surface area contributed by atoms with Gasteiger partial charge in [0.25, 0.3) is 10.0 Å². The van der Waals surface area contributed by atoms with Gasteiger partial charge in [-0.15, -0.1) is 11.3 Å². The van der Waals surface area contributed by atoms with E-state index in [1.165, 1.54) is 20.0 Å². The molecule has 1 fully saturated rings. The van der Waals surface area contributed by atoms with E-state index in [0.29, 0.717) is 24.0 Å². The number of hydrogen-bond acceptors (Lipinski definition) is 6. The standard InChI is InChI=1S/C12H18N4O3S2/c1-8-3-4-15(7-9(8)19-2)21(17,18)11-10(13)14-12-16(11)5-6-20-12/h5-6,8-9H,3-4,7,13H2,1-2H3. The molecule has 2 N–H and O–H groups in total. The van der Waals surface area contributed by atoms with Gasteiger partial charge >= 0.3 is 0 Å². The Bertz CT molecular complexity index is 752. The van der Waals surface area contributed by atoms with Crippen LogP contribution in [0.4, 0.5) is 5.82 Å². The number of hydrogen-bond donors (Lipinski definition) is 1. The molecule has 1 aliphatic rings. The SMILES string of the molecule is COC1CN(S(=O)(=O)c2c(N)nc3sccn23)CCC1C. The maximum atomic E-state index is 12.9. The summed E-state index contributed by atoms with van der Waals surface area (Å²) in [5.74, 6) is 0.389. The number of methoxy groups -OCH3 is 1. The third kappa shape index (κ3) is 2.33. The number of sulfonamides is 1. The van der Waals surface area contributed by atoms with Crippen LogP contribution in [0.5, 0.6) is 0 Å². The summed E-state index contributed by atoms with van der Waals surface area (Å²) in [6.07, 6.45) is 2.35. The van der Waals surface area contributed by atoms with Crippen molar-refractivity contribution in [2.45, 2.75) is 24.5 Å². The van der Waals surface area contributed by atoms with E-state index < -0.39 is 10.0 Å². The molecule has 0 aliphatic carbocycles. The zero-order chi connectivity index (χ0) is 15.2. The van der Waals surface area contributed by atoms with E-state index in [4.69, 9.17) is 10.5 Å². The van der Waals surface area contributed by atoms with Crippen LogP contribution in [0.1, 0.15) is 13.3 Å². The number of rotatable bonds is 3. The topological polar surface area (TPSA) is 89.9 Å². The predicted molar refractivity (Wildman–Crippen MR) is 80.8 cm³/mol. The van der Waals surface area contributed by atoms with Gasteiger partial charge in [0.05, 0.1) is 6.10 Å². The first-order valence-electron chi connectivity index (χ1n) is 6.69. The Kier molecular flexibility index (Phi) is 3.68. The number of thiazole rings is 1. The van der Waals surface area contributed by atoms with Gasteiger partial charge in [0.2, 0.25) is 0 Å². The van der Waals surface area contributed by atoms with Gasteiger partial charge in [-0.3, -0.25) is 4.40 Å². The van der Waals surface area contributed by atoms with Gasteiger partial charge in [-0.05, 0) is 12.3 Å². The van der Waals surface area contributed by atoms with E-state index in [-0.39, 0.29) is 16.9 Å². The highest BCUT2D eigenvalue weighted by Gasteiger charge is 2.37. The van der Waals surface area contributed by atoms with E-state index in [2.05, 4.69) is 11.9 Å². The van der Waals surface area contributed by atoms with Gasteiger partial charge in [-0.2, -0.15) is 4.31 Å². The number of piperidine rings is 1. The molecule has 0 saturated carbocycles. The molecule has 2 aromatic heterocycles. The Morgan fingerprint density at radius 1 is 1.52 bits per heavy atom. The minimum absolute atomic E-state index is 0.0504. The summed E-state index contributed by atoms with van der Waals surface area (Å²) in [5.41, 5.74) is 5.82. The fourth-order valence-electron chi connectivity index (χ4n) is 2.69. The molecule has 116 valence electrons. The molecule has 7 nitrogen and oxygen atoms in total. The molecule has 0 amide bonds. The summed E-state index contributed by atoms with van der Waals surface area (Å²) in [6.45, 7) is 2.89. The highest BCUT2D eigenvalue weighted by Crippen LogP contribution is 2.29. The predicted octanol–water partition coefficient (Wildman–Crippen LogP) is 1.02. The minimum Gasteiger partial charge on any atom is -0.381 e. The summed E-state index contributed by atoms with van der Waals surface area (Å²) in [5, 5.41) is 1.85. The lowest BCUT2D eigenvalue weighted by Gasteiger charge is -2.35. The molecule has 0 bridgehead atoms. The van der Waals surface area contributed by atoms with E-state index in [0.717, 1.165) is 6.42 Å². The molecule has 2 unspecified atom stereocenters. The maximum Gasteiger partial charge on any atom is 0.262 e. The first kappa shape index (κ1) is 14.8. The molecule has 3 heterocycles. The zero-order valence-electron chi connectivity index (χ0n) is 11.9. The average molecular weight is 330 g/mol. The van der Waals surface area contributed by atoms with Crippen LogP contribution in [-0.2, 0) is 14.8 Å². The van der Waals surface area contributed by atoms with Gasteiger partial charge in [-0.25, -0.2) is 13.4 Å². The quantitative estimate of drug-likeness (QED) is 0.907. The summed E-state index contributed by atoms with van der Waals surface area (Å²) in [7, 11) is -2.06.